The number of aromatic nitrogens is 2. The van der Waals surface area contributed by atoms with Gasteiger partial charge in [0.05, 0.1) is 29.0 Å². The number of carbonyl (C=O) groups is 1. The van der Waals surface area contributed by atoms with Gasteiger partial charge in [0, 0.05) is 5.54 Å². The van der Waals surface area contributed by atoms with Crippen molar-refractivity contribution in [3.63, 3.8) is 0 Å². The highest BCUT2D eigenvalue weighted by Gasteiger charge is 2.51. The number of ether oxygens (including phenoxy) is 1. The maximum atomic E-state index is 13.6. The molecular weight excluding hydrogens is 458 g/mol. The summed E-state index contributed by atoms with van der Waals surface area (Å²) in [6.45, 7) is 1.91. The Kier molecular flexibility index (Phi) is 5.63. The standard InChI is InChI=1S/C28H31N3O3S/c1-17(25(32)30-28-14-18-11-19(15-28)13-20(12-18)16-28)35-27-29-22-8-4-3-7-21(22)26(33)31(27)23-9-5-6-10-24(23)34-2/h3-10,17-20H,11-16H2,1-2H3,(H,30,32). The molecular formula is C28H31N3O3S. The molecule has 1 heterocycles. The third-order valence-electron chi connectivity index (χ3n) is 8.15. The molecule has 1 atom stereocenters. The van der Waals surface area contributed by atoms with Gasteiger partial charge in [0.25, 0.3) is 5.56 Å². The zero-order chi connectivity index (χ0) is 24.2. The Morgan fingerprint density at radius 3 is 2.37 bits per heavy atom. The maximum absolute atomic E-state index is 13.6. The van der Waals surface area contributed by atoms with Gasteiger partial charge in [-0.15, -0.1) is 0 Å². The Balaban J connectivity index is 1.33. The van der Waals surface area contributed by atoms with Crippen LogP contribution in [0.15, 0.2) is 58.5 Å². The average molecular weight is 490 g/mol. The molecule has 1 aromatic heterocycles. The summed E-state index contributed by atoms with van der Waals surface area (Å²) in [6.07, 6.45) is 7.36. The van der Waals surface area contributed by atoms with E-state index >= 15 is 0 Å². The van der Waals surface area contributed by atoms with Crippen LogP contribution in [0, 0.1) is 17.8 Å². The van der Waals surface area contributed by atoms with Crippen LogP contribution in [0.5, 0.6) is 5.75 Å². The van der Waals surface area contributed by atoms with E-state index in [1.54, 1.807) is 17.7 Å². The van der Waals surface area contributed by atoms with Gasteiger partial charge >= 0.3 is 0 Å². The number of para-hydroxylation sites is 3. The van der Waals surface area contributed by atoms with Crippen molar-refractivity contribution in [2.75, 3.05) is 7.11 Å². The molecule has 4 aliphatic rings. The second-order valence-electron chi connectivity index (χ2n) is 10.7. The molecule has 7 rings (SSSR count). The van der Waals surface area contributed by atoms with Crippen molar-refractivity contribution in [2.24, 2.45) is 17.8 Å². The lowest BCUT2D eigenvalue weighted by Gasteiger charge is -2.57. The average Bonchev–Trinajstić information content (AvgIpc) is 2.83. The summed E-state index contributed by atoms with van der Waals surface area (Å²) in [5.41, 5.74) is 1.03. The topological polar surface area (TPSA) is 73.2 Å². The largest absolute Gasteiger partial charge is 0.495 e. The lowest BCUT2D eigenvalue weighted by Crippen LogP contribution is -2.60. The number of methoxy groups -OCH3 is 1. The van der Waals surface area contributed by atoms with Crippen LogP contribution >= 0.6 is 11.8 Å². The lowest BCUT2D eigenvalue weighted by molar-refractivity contribution is -0.126. The predicted molar refractivity (Wildman–Crippen MR) is 138 cm³/mol. The molecule has 4 saturated carbocycles. The van der Waals surface area contributed by atoms with Crippen molar-refractivity contribution in [1.29, 1.82) is 0 Å². The monoisotopic (exact) mass is 489 g/mol. The number of rotatable bonds is 6. The van der Waals surface area contributed by atoms with Gasteiger partial charge in [-0.25, -0.2) is 4.98 Å². The van der Waals surface area contributed by atoms with Crippen molar-refractivity contribution < 1.29 is 9.53 Å². The van der Waals surface area contributed by atoms with Crippen LogP contribution < -0.4 is 15.6 Å². The van der Waals surface area contributed by atoms with Gasteiger partial charge in [-0.1, -0.05) is 36.0 Å². The van der Waals surface area contributed by atoms with E-state index in [2.05, 4.69) is 5.32 Å². The molecule has 4 fully saturated rings. The normalized spacial score (nSPS) is 27.7. The first-order chi connectivity index (χ1) is 16.9. The maximum Gasteiger partial charge on any atom is 0.266 e. The third-order valence-corrected chi connectivity index (χ3v) is 9.20. The lowest BCUT2D eigenvalue weighted by atomic mass is 9.53. The molecule has 35 heavy (non-hydrogen) atoms. The predicted octanol–water partition coefficient (Wildman–Crippen LogP) is 4.96. The van der Waals surface area contributed by atoms with Crippen LogP contribution in [0.2, 0.25) is 0 Å². The molecule has 0 radical (unpaired) electrons. The fourth-order valence-corrected chi connectivity index (χ4v) is 7.98. The summed E-state index contributed by atoms with van der Waals surface area (Å²) in [5.74, 6) is 2.91. The molecule has 1 amide bonds. The van der Waals surface area contributed by atoms with Gasteiger partial charge in [0.15, 0.2) is 5.16 Å². The highest BCUT2D eigenvalue weighted by Crippen LogP contribution is 2.55. The number of hydrogen-bond acceptors (Lipinski definition) is 5. The molecule has 4 aliphatic carbocycles. The number of carbonyl (C=O) groups excluding carboxylic acids is 1. The van der Waals surface area contributed by atoms with E-state index in [0.717, 1.165) is 37.0 Å². The highest BCUT2D eigenvalue weighted by molar-refractivity contribution is 8.00. The Bertz CT molecular complexity index is 1320. The SMILES string of the molecule is COc1ccccc1-n1c(SC(C)C(=O)NC23CC4CC(CC(C4)C2)C3)nc2ccccc2c1=O. The van der Waals surface area contributed by atoms with Crippen molar-refractivity contribution in [1.82, 2.24) is 14.9 Å². The number of nitrogens with one attached hydrogen (secondary N) is 1. The third kappa shape index (κ3) is 4.03. The smallest absolute Gasteiger partial charge is 0.266 e. The summed E-state index contributed by atoms with van der Waals surface area (Å²) in [6, 6.07) is 14.8. The quantitative estimate of drug-likeness (QED) is 0.391. The minimum Gasteiger partial charge on any atom is -0.495 e. The van der Waals surface area contributed by atoms with E-state index in [9.17, 15) is 9.59 Å². The molecule has 0 spiro atoms. The number of nitrogens with zero attached hydrogens (tertiary/aromatic N) is 2. The first-order valence-corrected chi connectivity index (χ1v) is 13.5. The van der Waals surface area contributed by atoms with E-state index in [0.29, 0.717) is 27.5 Å². The van der Waals surface area contributed by atoms with Crippen molar-refractivity contribution in [2.45, 2.75) is 61.4 Å². The number of hydrogen-bond donors (Lipinski definition) is 1. The van der Waals surface area contributed by atoms with Crippen LogP contribution in [0.25, 0.3) is 16.6 Å². The van der Waals surface area contributed by atoms with E-state index in [-0.39, 0.29) is 17.0 Å². The Hall–Kier alpha value is -2.80. The zero-order valence-corrected chi connectivity index (χ0v) is 21.0. The molecule has 2 aromatic carbocycles. The zero-order valence-electron chi connectivity index (χ0n) is 20.2. The van der Waals surface area contributed by atoms with Crippen LogP contribution in [-0.2, 0) is 4.79 Å². The van der Waals surface area contributed by atoms with Gasteiger partial charge in [-0.3, -0.25) is 14.2 Å². The van der Waals surface area contributed by atoms with Crippen molar-refractivity contribution in [3.05, 3.63) is 58.9 Å². The van der Waals surface area contributed by atoms with Crippen molar-refractivity contribution in [3.8, 4) is 11.4 Å². The fraction of sp³-hybridized carbons (Fsp3) is 0.464. The molecule has 0 aliphatic heterocycles. The molecule has 182 valence electrons. The molecule has 4 bridgehead atoms. The summed E-state index contributed by atoms with van der Waals surface area (Å²) < 4.78 is 7.14. The number of benzene rings is 2. The summed E-state index contributed by atoms with van der Waals surface area (Å²) >= 11 is 1.33. The fourth-order valence-electron chi connectivity index (χ4n) is 7.06. The molecule has 7 heteroatoms. The first kappa shape index (κ1) is 22.7. The van der Waals surface area contributed by atoms with Gasteiger partial charge in [0.2, 0.25) is 5.91 Å². The summed E-state index contributed by atoms with van der Waals surface area (Å²) in [4.78, 5) is 31.9. The summed E-state index contributed by atoms with van der Waals surface area (Å²) in [5, 5.41) is 4.11. The Morgan fingerprint density at radius 2 is 1.69 bits per heavy atom. The minimum atomic E-state index is -0.392. The summed E-state index contributed by atoms with van der Waals surface area (Å²) in [7, 11) is 1.59. The van der Waals surface area contributed by atoms with Gasteiger partial charge < -0.3 is 10.1 Å². The van der Waals surface area contributed by atoms with E-state index < -0.39 is 5.25 Å². The molecule has 0 saturated heterocycles. The van der Waals surface area contributed by atoms with Gasteiger partial charge in [0.1, 0.15) is 5.75 Å². The molecule has 3 aromatic rings. The van der Waals surface area contributed by atoms with E-state index in [1.807, 2.05) is 49.4 Å². The molecule has 1 unspecified atom stereocenters. The van der Waals surface area contributed by atoms with E-state index in [1.165, 1.54) is 31.0 Å². The highest BCUT2D eigenvalue weighted by atomic mass is 32.2. The Labute approximate surface area is 209 Å². The first-order valence-electron chi connectivity index (χ1n) is 12.6. The van der Waals surface area contributed by atoms with Crippen LogP contribution in [-0.4, -0.2) is 33.4 Å². The van der Waals surface area contributed by atoms with Crippen molar-refractivity contribution >= 4 is 28.6 Å². The molecule has 6 nitrogen and oxygen atoms in total. The second-order valence-corrected chi connectivity index (χ2v) is 12.0. The minimum absolute atomic E-state index is 0.0333. The van der Waals surface area contributed by atoms with Gasteiger partial charge in [-0.05, 0) is 87.5 Å². The Morgan fingerprint density at radius 1 is 1.06 bits per heavy atom. The van der Waals surface area contributed by atoms with Crippen LogP contribution in [0.4, 0.5) is 0 Å². The molecule has 1 N–H and O–H groups in total. The number of thioether (sulfide) groups is 1. The number of fused-ring (bicyclic) bond motifs is 1. The van der Waals surface area contributed by atoms with Crippen LogP contribution in [0.3, 0.4) is 0 Å². The van der Waals surface area contributed by atoms with Gasteiger partial charge in [-0.2, -0.15) is 0 Å². The van der Waals surface area contributed by atoms with Crippen LogP contribution in [0.1, 0.15) is 45.4 Å². The second kappa shape index (κ2) is 8.70. The number of amides is 1. The van der Waals surface area contributed by atoms with E-state index in [4.69, 9.17) is 9.72 Å².